The van der Waals surface area contributed by atoms with Gasteiger partial charge >= 0.3 is 0 Å². The minimum atomic E-state index is 0.849. The van der Waals surface area contributed by atoms with Gasteiger partial charge in [0.05, 0.1) is 5.69 Å². The summed E-state index contributed by atoms with van der Waals surface area (Å²) in [6, 6.07) is 77.6. The fourth-order valence-electron chi connectivity index (χ4n) is 9.01. The second-order valence-electron chi connectivity index (χ2n) is 15.3. The van der Waals surface area contributed by atoms with Gasteiger partial charge in [0.15, 0.2) is 0 Å². The van der Waals surface area contributed by atoms with Crippen molar-refractivity contribution in [1.29, 1.82) is 0 Å². The molecule has 0 spiro atoms. The molecule has 10 aromatic carbocycles. The third kappa shape index (κ3) is 5.61. The van der Waals surface area contributed by atoms with Gasteiger partial charge in [0.25, 0.3) is 0 Å². The predicted molar refractivity (Wildman–Crippen MR) is 251 cm³/mol. The lowest BCUT2D eigenvalue weighted by Gasteiger charge is -2.30. The van der Waals surface area contributed by atoms with E-state index < -0.39 is 0 Å². The largest absolute Gasteiger partial charge is 0.456 e. The number of para-hydroxylation sites is 4. The molecule has 0 saturated carbocycles. The molecule has 4 nitrogen and oxygen atoms in total. The minimum Gasteiger partial charge on any atom is -0.456 e. The highest BCUT2D eigenvalue weighted by Crippen LogP contribution is 2.46. The lowest BCUT2D eigenvalue weighted by molar-refractivity contribution is 0.669. The molecule has 0 aliphatic carbocycles. The van der Waals surface area contributed by atoms with E-state index in [4.69, 9.17) is 8.83 Å². The van der Waals surface area contributed by atoms with E-state index in [-0.39, 0.29) is 0 Å². The Bertz CT molecular complexity index is 3570. The van der Waals surface area contributed by atoms with Crippen LogP contribution in [0.1, 0.15) is 0 Å². The summed E-state index contributed by atoms with van der Waals surface area (Å²) >= 11 is 0. The van der Waals surface area contributed by atoms with Crippen molar-refractivity contribution in [2.75, 3.05) is 9.80 Å². The number of hydrogen-bond acceptors (Lipinski definition) is 4. The SMILES string of the molecule is c1ccc(-c2ccccc2N(c2cccc(N(c3ccccc3)c3ccc4ccc5cc6oc7ccccc7c6cc5c4c3)c2)c2ccc3c(c2)oc2ccccc23)cc1. The first-order valence-electron chi connectivity index (χ1n) is 20.3. The van der Waals surface area contributed by atoms with Crippen LogP contribution in [0.5, 0.6) is 0 Å². The molecule has 0 saturated heterocycles. The van der Waals surface area contributed by atoms with Crippen molar-refractivity contribution in [2.24, 2.45) is 0 Å². The van der Waals surface area contributed by atoms with Crippen molar-refractivity contribution in [3.05, 3.63) is 218 Å². The molecule has 0 aliphatic rings. The Morgan fingerprint density at radius 1 is 0.267 bits per heavy atom. The lowest BCUT2D eigenvalue weighted by Crippen LogP contribution is -2.13. The van der Waals surface area contributed by atoms with Gasteiger partial charge in [-0.15, -0.1) is 0 Å². The molecule has 282 valence electrons. The highest BCUT2D eigenvalue weighted by Gasteiger charge is 2.21. The highest BCUT2D eigenvalue weighted by molar-refractivity contribution is 6.17. The second kappa shape index (κ2) is 13.8. The third-order valence-corrected chi connectivity index (χ3v) is 11.8. The highest BCUT2D eigenvalue weighted by atomic mass is 16.3. The van der Waals surface area contributed by atoms with E-state index in [2.05, 4.69) is 204 Å². The number of benzene rings is 10. The molecule has 0 fully saturated rings. The van der Waals surface area contributed by atoms with Gasteiger partial charge in [0.1, 0.15) is 22.3 Å². The van der Waals surface area contributed by atoms with Gasteiger partial charge in [-0.3, -0.25) is 0 Å². The zero-order valence-corrected chi connectivity index (χ0v) is 32.5. The van der Waals surface area contributed by atoms with Crippen LogP contribution >= 0.6 is 0 Å². The van der Waals surface area contributed by atoms with Gasteiger partial charge in [-0.1, -0.05) is 127 Å². The van der Waals surface area contributed by atoms with E-state index in [1.807, 2.05) is 24.3 Å². The summed E-state index contributed by atoms with van der Waals surface area (Å²) in [6.45, 7) is 0. The molecule has 2 aromatic heterocycles. The topological polar surface area (TPSA) is 32.8 Å². The van der Waals surface area contributed by atoms with Crippen LogP contribution in [-0.4, -0.2) is 0 Å². The van der Waals surface area contributed by atoms with Crippen LogP contribution in [0.4, 0.5) is 34.1 Å². The van der Waals surface area contributed by atoms with E-state index >= 15 is 0 Å². The van der Waals surface area contributed by atoms with Crippen LogP contribution in [-0.2, 0) is 0 Å². The second-order valence-corrected chi connectivity index (χ2v) is 15.3. The Balaban J connectivity index is 1.06. The lowest BCUT2D eigenvalue weighted by atomic mass is 9.99. The van der Waals surface area contributed by atoms with Crippen LogP contribution in [0.25, 0.3) is 76.5 Å². The van der Waals surface area contributed by atoms with E-state index in [1.165, 1.54) is 16.2 Å². The Morgan fingerprint density at radius 3 is 1.60 bits per heavy atom. The van der Waals surface area contributed by atoms with Gasteiger partial charge in [-0.05, 0) is 112 Å². The Morgan fingerprint density at radius 2 is 0.800 bits per heavy atom. The number of anilines is 6. The molecule has 0 N–H and O–H groups in total. The van der Waals surface area contributed by atoms with Crippen molar-refractivity contribution in [3.63, 3.8) is 0 Å². The summed E-state index contributed by atoms with van der Waals surface area (Å²) in [5.41, 5.74) is 12.1. The quantitative estimate of drug-likeness (QED) is 0.151. The van der Waals surface area contributed by atoms with Crippen molar-refractivity contribution >= 4 is 99.5 Å². The molecule has 0 radical (unpaired) electrons. The zero-order valence-electron chi connectivity index (χ0n) is 32.5. The van der Waals surface area contributed by atoms with Crippen LogP contribution < -0.4 is 9.80 Å². The maximum absolute atomic E-state index is 6.47. The number of nitrogens with zero attached hydrogens (tertiary/aromatic N) is 2. The van der Waals surface area contributed by atoms with Crippen LogP contribution in [0.15, 0.2) is 227 Å². The van der Waals surface area contributed by atoms with Gasteiger partial charge in [-0.25, -0.2) is 0 Å². The molecular weight excluding hydrogens is 733 g/mol. The van der Waals surface area contributed by atoms with Gasteiger partial charge in [0, 0.05) is 61.6 Å². The maximum Gasteiger partial charge on any atom is 0.137 e. The summed E-state index contributed by atoms with van der Waals surface area (Å²) in [6.07, 6.45) is 0. The fraction of sp³-hybridized carbons (Fsp3) is 0. The first kappa shape index (κ1) is 34.0. The summed E-state index contributed by atoms with van der Waals surface area (Å²) in [5, 5.41) is 9.18. The average molecular weight is 769 g/mol. The number of hydrogen-bond donors (Lipinski definition) is 0. The molecule has 12 rings (SSSR count). The minimum absolute atomic E-state index is 0.849. The monoisotopic (exact) mass is 768 g/mol. The molecule has 0 atom stereocenters. The fourth-order valence-corrected chi connectivity index (χ4v) is 9.01. The number of fused-ring (bicyclic) bond motifs is 9. The maximum atomic E-state index is 6.47. The molecule has 0 bridgehead atoms. The molecule has 2 heterocycles. The van der Waals surface area contributed by atoms with Crippen LogP contribution in [0, 0.1) is 0 Å². The van der Waals surface area contributed by atoms with E-state index in [1.54, 1.807) is 0 Å². The number of rotatable bonds is 7. The Kier molecular flexibility index (Phi) is 7.82. The van der Waals surface area contributed by atoms with Gasteiger partial charge in [-0.2, -0.15) is 0 Å². The first-order valence-corrected chi connectivity index (χ1v) is 20.3. The number of furan rings is 2. The molecule has 0 unspecified atom stereocenters. The van der Waals surface area contributed by atoms with Crippen LogP contribution in [0.2, 0.25) is 0 Å². The molecular formula is C56H36N2O2. The van der Waals surface area contributed by atoms with Crippen LogP contribution in [0.3, 0.4) is 0 Å². The van der Waals surface area contributed by atoms with Gasteiger partial charge < -0.3 is 18.6 Å². The predicted octanol–water partition coefficient (Wildman–Crippen LogP) is 16.4. The molecule has 4 heteroatoms. The molecule has 60 heavy (non-hydrogen) atoms. The average Bonchev–Trinajstić information content (AvgIpc) is 3.87. The zero-order chi connectivity index (χ0) is 39.6. The smallest absolute Gasteiger partial charge is 0.137 e. The normalized spacial score (nSPS) is 11.7. The molecule has 12 aromatic rings. The van der Waals surface area contributed by atoms with E-state index in [9.17, 15) is 0 Å². The summed E-state index contributed by atoms with van der Waals surface area (Å²) < 4.78 is 12.8. The Hall–Kier alpha value is -8.08. The first-order chi connectivity index (χ1) is 29.7. The van der Waals surface area contributed by atoms with Crippen molar-refractivity contribution in [2.45, 2.75) is 0 Å². The standard InChI is InChI=1S/C56H36N2O2/c1-3-14-37(15-4-1)45-20-7-10-23-52(45)58(44-30-31-48-46-21-8-11-24-53(46)60-56(48)35-44)42-19-13-18-41(33-42)57(40-16-5-2-6-17-40)43-29-28-38-26-27-39-32-55-51(36-50(39)49(38)34-43)47-22-9-12-25-54(47)59-55/h1-36H. The van der Waals surface area contributed by atoms with Crippen molar-refractivity contribution in [3.8, 4) is 11.1 Å². The van der Waals surface area contributed by atoms with E-state index in [0.29, 0.717) is 0 Å². The summed E-state index contributed by atoms with van der Waals surface area (Å²) in [4.78, 5) is 4.72. The van der Waals surface area contributed by atoms with Gasteiger partial charge in [0.2, 0.25) is 0 Å². The van der Waals surface area contributed by atoms with Crippen molar-refractivity contribution in [1.82, 2.24) is 0 Å². The van der Waals surface area contributed by atoms with Crippen molar-refractivity contribution < 1.29 is 8.83 Å². The third-order valence-electron chi connectivity index (χ3n) is 11.8. The summed E-state index contributed by atoms with van der Waals surface area (Å²) in [7, 11) is 0. The molecule has 0 amide bonds. The Labute approximate surface area is 346 Å². The summed E-state index contributed by atoms with van der Waals surface area (Å²) in [5.74, 6) is 0. The molecule has 0 aliphatic heterocycles. The van der Waals surface area contributed by atoms with E-state index in [0.717, 1.165) is 94.5 Å².